The molecule has 1 fully saturated rings. The molecule has 1 aromatic carbocycles. The van der Waals surface area contributed by atoms with Crippen LogP contribution in [0.5, 0.6) is 0 Å². The third-order valence-electron chi connectivity index (χ3n) is 4.75. The van der Waals surface area contributed by atoms with E-state index in [4.69, 9.17) is 5.73 Å². The first-order valence-corrected chi connectivity index (χ1v) is 9.14. The summed E-state index contributed by atoms with van der Waals surface area (Å²) >= 11 is 0. The fourth-order valence-corrected chi connectivity index (χ4v) is 3.13. The maximum absolute atomic E-state index is 12.8. The minimum absolute atomic E-state index is 0.0146. The summed E-state index contributed by atoms with van der Waals surface area (Å²) in [4.78, 5) is 26.7. The van der Waals surface area contributed by atoms with E-state index in [1.807, 2.05) is 56.9 Å². The second-order valence-corrected chi connectivity index (χ2v) is 8.05. The van der Waals surface area contributed by atoms with Crippen LogP contribution in [0.1, 0.15) is 62.9 Å². The molecule has 138 valence electrons. The van der Waals surface area contributed by atoms with Crippen molar-refractivity contribution >= 4 is 11.8 Å². The number of amides is 2. The van der Waals surface area contributed by atoms with E-state index in [1.54, 1.807) is 0 Å². The molecule has 1 heterocycles. The van der Waals surface area contributed by atoms with Gasteiger partial charge < -0.3 is 16.0 Å². The second kappa shape index (κ2) is 8.00. The van der Waals surface area contributed by atoms with Crippen LogP contribution in [-0.2, 0) is 11.3 Å². The normalized spacial score (nSPS) is 19.4. The first kappa shape index (κ1) is 19.4. The predicted molar refractivity (Wildman–Crippen MR) is 100 cm³/mol. The first-order chi connectivity index (χ1) is 11.7. The van der Waals surface area contributed by atoms with Crippen molar-refractivity contribution in [2.45, 2.75) is 65.6 Å². The molecule has 2 rings (SSSR count). The number of piperidine rings is 1. The number of nitrogens with two attached hydrogens (primary N) is 1. The van der Waals surface area contributed by atoms with E-state index >= 15 is 0 Å². The zero-order valence-electron chi connectivity index (χ0n) is 15.8. The summed E-state index contributed by atoms with van der Waals surface area (Å²) in [5, 5.41) is 2.92. The highest BCUT2D eigenvalue weighted by Crippen LogP contribution is 2.22. The maximum Gasteiger partial charge on any atom is 0.254 e. The quantitative estimate of drug-likeness (QED) is 0.881. The van der Waals surface area contributed by atoms with E-state index in [2.05, 4.69) is 5.32 Å². The number of nitrogens with zero attached hydrogens (tertiary/aromatic N) is 1. The van der Waals surface area contributed by atoms with Crippen LogP contribution in [0.3, 0.4) is 0 Å². The summed E-state index contributed by atoms with van der Waals surface area (Å²) in [5.41, 5.74) is 7.32. The number of likely N-dealkylation sites (tertiary alicyclic amines) is 1. The van der Waals surface area contributed by atoms with Gasteiger partial charge in [-0.1, -0.05) is 32.9 Å². The van der Waals surface area contributed by atoms with Crippen molar-refractivity contribution in [1.29, 1.82) is 0 Å². The van der Waals surface area contributed by atoms with Crippen LogP contribution in [-0.4, -0.2) is 35.3 Å². The van der Waals surface area contributed by atoms with Gasteiger partial charge in [0.25, 0.3) is 5.91 Å². The lowest BCUT2D eigenvalue weighted by atomic mass is 9.95. The molecule has 0 saturated carbocycles. The Labute approximate surface area is 151 Å². The smallest absolute Gasteiger partial charge is 0.254 e. The van der Waals surface area contributed by atoms with Gasteiger partial charge in [-0.05, 0) is 43.9 Å². The molecular formula is C20H31N3O2. The zero-order chi connectivity index (χ0) is 18.6. The van der Waals surface area contributed by atoms with E-state index < -0.39 is 5.41 Å². The summed E-state index contributed by atoms with van der Waals surface area (Å²) in [6.07, 6.45) is 3.13. The standard InChI is InChI=1S/C20H31N3O2/c1-14(21)17-7-5-6-12-23(17)18(24)16-10-8-15(9-11-16)13-22-19(25)20(2,3)4/h8-11,14,17H,5-7,12-13,21H2,1-4H3,(H,22,25). The molecular weight excluding hydrogens is 314 g/mol. The summed E-state index contributed by atoms with van der Waals surface area (Å²) in [6.45, 7) is 8.87. The van der Waals surface area contributed by atoms with Gasteiger partial charge >= 0.3 is 0 Å². The Kier molecular flexibility index (Phi) is 6.22. The molecule has 0 aliphatic carbocycles. The average Bonchev–Trinajstić information content (AvgIpc) is 2.58. The molecule has 5 nitrogen and oxygen atoms in total. The Hall–Kier alpha value is -1.88. The Bertz CT molecular complexity index is 602. The van der Waals surface area contributed by atoms with Gasteiger partial charge in [0.2, 0.25) is 5.91 Å². The number of rotatable bonds is 4. The number of nitrogens with one attached hydrogen (secondary N) is 1. The van der Waals surface area contributed by atoms with Crippen LogP contribution in [0.2, 0.25) is 0 Å². The van der Waals surface area contributed by atoms with Gasteiger partial charge in [-0.3, -0.25) is 9.59 Å². The van der Waals surface area contributed by atoms with E-state index in [0.29, 0.717) is 12.1 Å². The Morgan fingerprint density at radius 3 is 2.44 bits per heavy atom. The van der Waals surface area contributed by atoms with Gasteiger partial charge in [0.05, 0.1) is 0 Å². The number of carbonyl (C=O) groups is 2. The Balaban J connectivity index is 2.01. The number of carbonyl (C=O) groups excluding carboxylic acids is 2. The van der Waals surface area contributed by atoms with Gasteiger partial charge in [0.1, 0.15) is 0 Å². The minimum Gasteiger partial charge on any atom is -0.352 e. The molecule has 2 atom stereocenters. The van der Waals surface area contributed by atoms with Crippen LogP contribution >= 0.6 is 0 Å². The lowest BCUT2D eigenvalue weighted by Crippen LogP contribution is -2.51. The van der Waals surface area contributed by atoms with Crippen molar-refractivity contribution < 1.29 is 9.59 Å². The molecule has 1 aliphatic heterocycles. The van der Waals surface area contributed by atoms with Gasteiger partial charge in [-0.2, -0.15) is 0 Å². The van der Waals surface area contributed by atoms with Crippen molar-refractivity contribution in [2.75, 3.05) is 6.54 Å². The highest BCUT2D eigenvalue weighted by atomic mass is 16.2. The van der Waals surface area contributed by atoms with Gasteiger partial charge in [0.15, 0.2) is 0 Å². The van der Waals surface area contributed by atoms with Crippen molar-refractivity contribution in [3.8, 4) is 0 Å². The van der Waals surface area contributed by atoms with Crippen LogP contribution in [0, 0.1) is 5.41 Å². The number of hydrogen-bond acceptors (Lipinski definition) is 3. The first-order valence-electron chi connectivity index (χ1n) is 9.14. The van der Waals surface area contributed by atoms with Crippen LogP contribution < -0.4 is 11.1 Å². The second-order valence-electron chi connectivity index (χ2n) is 8.05. The van der Waals surface area contributed by atoms with Crippen molar-refractivity contribution in [2.24, 2.45) is 11.1 Å². The number of benzene rings is 1. The zero-order valence-corrected chi connectivity index (χ0v) is 15.8. The summed E-state index contributed by atoms with van der Waals surface area (Å²) in [7, 11) is 0. The van der Waals surface area contributed by atoms with Gasteiger partial charge in [0, 0.05) is 36.2 Å². The Morgan fingerprint density at radius 1 is 1.24 bits per heavy atom. The monoisotopic (exact) mass is 345 g/mol. The predicted octanol–water partition coefficient (Wildman–Crippen LogP) is 2.69. The van der Waals surface area contributed by atoms with Crippen LogP contribution in [0.15, 0.2) is 24.3 Å². The van der Waals surface area contributed by atoms with Crippen molar-refractivity contribution in [3.05, 3.63) is 35.4 Å². The molecule has 2 unspecified atom stereocenters. The molecule has 5 heteroatoms. The largest absolute Gasteiger partial charge is 0.352 e. The third kappa shape index (κ3) is 5.05. The van der Waals surface area contributed by atoms with E-state index in [0.717, 1.165) is 31.4 Å². The van der Waals surface area contributed by atoms with E-state index in [1.165, 1.54) is 0 Å². The van der Waals surface area contributed by atoms with Crippen LogP contribution in [0.4, 0.5) is 0 Å². The molecule has 25 heavy (non-hydrogen) atoms. The molecule has 2 amide bonds. The molecule has 1 aromatic rings. The fraction of sp³-hybridized carbons (Fsp3) is 0.600. The summed E-state index contributed by atoms with van der Waals surface area (Å²) < 4.78 is 0. The minimum atomic E-state index is -0.405. The lowest BCUT2D eigenvalue weighted by molar-refractivity contribution is -0.128. The van der Waals surface area contributed by atoms with E-state index in [9.17, 15) is 9.59 Å². The highest BCUT2D eigenvalue weighted by Gasteiger charge is 2.29. The summed E-state index contributed by atoms with van der Waals surface area (Å²) in [5.74, 6) is 0.0630. The molecule has 0 bridgehead atoms. The van der Waals surface area contributed by atoms with E-state index in [-0.39, 0.29) is 23.9 Å². The Morgan fingerprint density at radius 2 is 1.88 bits per heavy atom. The molecule has 1 saturated heterocycles. The molecule has 0 radical (unpaired) electrons. The SMILES string of the molecule is CC(N)C1CCCCN1C(=O)c1ccc(CNC(=O)C(C)(C)C)cc1. The highest BCUT2D eigenvalue weighted by molar-refractivity contribution is 5.94. The summed E-state index contributed by atoms with van der Waals surface area (Å²) in [6, 6.07) is 7.59. The molecule has 1 aliphatic rings. The molecule has 3 N–H and O–H groups in total. The topological polar surface area (TPSA) is 75.4 Å². The molecule has 0 spiro atoms. The van der Waals surface area contributed by atoms with Crippen LogP contribution in [0.25, 0.3) is 0 Å². The maximum atomic E-state index is 12.8. The van der Waals surface area contributed by atoms with Crippen molar-refractivity contribution in [1.82, 2.24) is 10.2 Å². The fourth-order valence-electron chi connectivity index (χ4n) is 3.13. The lowest BCUT2D eigenvalue weighted by Gasteiger charge is -2.38. The average molecular weight is 345 g/mol. The number of hydrogen-bond donors (Lipinski definition) is 2. The van der Waals surface area contributed by atoms with Gasteiger partial charge in [-0.25, -0.2) is 0 Å². The van der Waals surface area contributed by atoms with Crippen molar-refractivity contribution in [3.63, 3.8) is 0 Å². The third-order valence-corrected chi connectivity index (χ3v) is 4.75. The molecule has 0 aromatic heterocycles. The van der Waals surface area contributed by atoms with Gasteiger partial charge in [-0.15, -0.1) is 0 Å².